The molecule has 2 amide bonds. The number of anilines is 1. The van der Waals surface area contributed by atoms with E-state index in [9.17, 15) is 14.4 Å². The molecule has 0 saturated carbocycles. The number of hydrogen-bond donors (Lipinski definition) is 4. The van der Waals surface area contributed by atoms with Crippen molar-refractivity contribution in [3.8, 4) is 0 Å². The van der Waals surface area contributed by atoms with Crippen LogP contribution in [0.1, 0.15) is 34.6 Å². The number of rotatable bonds is 8. The highest BCUT2D eigenvalue weighted by Crippen LogP contribution is 2.17. The van der Waals surface area contributed by atoms with Crippen LogP contribution in [0.3, 0.4) is 0 Å². The summed E-state index contributed by atoms with van der Waals surface area (Å²) in [6.07, 6.45) is 0. The van der Waals surface area contributed by atoms with Crippen molar-refractivity contribution in [3.63, 3.8) is 0 Å². The van der Waals surface area contributed by atoms with Crippen LogP contribution in [0.15, 0.2) is 59.4 Å². The molecule has 1 heterocycles. The van der Waals surface area contributed by atoms with Crippen LogP contribution in [-0.4, -0.2) is 43.0 Å². The third kappa shape index (κ3) is 5.12. The van der Waals surface area contributed by atoms with Gasteiger partial charge in [-0.2, -0.15) is 0 Å². The number of pyridine rings is 1. The van der Waals surface area contributed by atoms with Crippen LogP contribution >= 0.6 is 0 Å². The molecule has 7 nitrogen and oxygen atoms in total. The fourth-order valence-corrected chi connectivity index (χ4v) is 3.35. The maximum atomic E-state index is 12.7. The number of amides is 2. The van der Waals surface area contributed by atoms with E-state index in [4.69, 9.17) is 0 Å². The lowest BCUT2D eigenvalue weighted by molar-refractivity contribution is -0.895. The fourth-order valence-electron chi connectivity index (χ4n) is 3.35. The monoisotopic (exact) mass is 407 g/mol. The fraction of sp³-hybridized carbons (Fsp3) is 0.261. The average molecular weight is 407 g/mol. The molecule has 30 heavy (non-hydrogen) atoms. The second kappa shape index (κ2) is 9.84. The first-order valence-corrected chi connectivity index (χ1v) is 10.2. The Morgan fingerprint density at radius 3 is 2.37 bits per heavy atom. The lowest BCUT2D eigenvalue weighted by Crippen LogP contribution is -3.12. The Morgan fingerprint density at radius 2 is 1.67 bits per heavy atom. The van der Waals surface area contributed by atoms with Gasteiger partial charge in [0.2, 0.25) is 5.56 Å². The van der Waals surface area contributed by atoms with Crippen molar-refractivity contribution in [3.05, 3.63) is 76.1 Å². The number of benzene rings is 2. The largest absolute Gasteiger partial charge is 0.346 e. The smallest absolute Gasteiger partial charge is 0.256 e. The van der Waals surface area contributed by atoms with Gasteiger partial charge in [-0.15, -0.1) is 0 Å². The van der Waals surface area contributed by atoms with E-state index in [0.717, 1.165) is 19.6 Å². The molecular weight excluding hydrogens is 380 g/mol. The number of quaternary nitrogens is 1. The first-order chi connectivity index (χ1) is 14.5. The summed E-state index contributed by atoms with van der Waals surface area (Å²) in [5, 5.41) is 6.38. The first-order valence-electron chi connectivity index (χ1n) is 10.2. The van der Waals surface area contributed by atoms with Crippen LogP contribution in [0.25, 0.3) is 10.9 Å². The van der Waals surface area contributed by atoms with Gasteiger partial charge in [-0.05, 0) is 44.2 Å². The Bertz CT molecular complexity index is 1090. The van der Waals surface area contributed by atoms with E-state index in [0.29, 0.717) is 34.3 Å². The maximum Gasteiger partial charge on any atom is 0.256 e. The van der Waals surface area contributed by atoms with Gasteiger partial charge in [0.25, 0.3) is 11.8 Å². The maximum absolute atomic E-state index is 12.7. The highest BCUT2D eigenvalue weighted by atomic mass is 16.2. The zero-order valence-electron chi connectivity index (χ0n) is 17.2. The second-order valence-electron chi connectivity index (χ2n) is 7.09. The van der Waals surface area contributed by atoms with Gasteiger partial charge in [0.15, 0.2) is 0 Å². The molecule has 0 spiro atoms. The molecule has 0 fully saturated rings. The summed E-state index contributed by atoms with van der Waals surface area (Å²) >= 11 is 0. The van der Waals surface area contributed by atoms with Crippen molar-refractivity contribution in [2.45, 2.75) is 13.8 Å². The SMILES string of the molecule is CC[NH+](CC)CCNC(=O)c1ccc(NC(=O)c2cc(=O)[nH]c3ccccc23)cc1. The number of carbonyl (C=O) groups excluding carboxylic acids is 2. The number of likely N-dealkylation sites (N-methyl/N-ethyl adjacent to an activating group) is 1. The predicted octanol–water partition coefficient (Wildman–Crippen LogP) is 1.43. The third-order valence-corrected chi connectivity index (χ3v) is 5.16. The highest BCUT2D eigenvalue weighted by Gasteiger charge is 2.13. The van der Waals surface area contributed by atoms with E-state index >= 15 is 0 Å². The Labute approximate surface area is 175 Å². The van der Waals surface area contributed by atoms with Crippen molar-refractivity contribution in [1.29, 1.82) is 0 Å². The quantitative estimate of drug-likeness (QED) is 0.455. The molecule has 2 aromatic carbocycles. The lowest BCUT2D eigenvalue weighted by atomic mass is 10.1. The normalized spacial score (nSPS) is 10.9. The van der Waals surface area contributed by atoms with E-state index in [1.54, 1.807) is 42.5 Å². The molecule has 4 N–H and O–H groups in total. The molecule has 0 aliphatic rings. The number of nitrogens with one attached hydrogen (secondary N) is 4. The minimum atomic E-state index is -0.378. The molecule has 0 atom stereocenters. The molecule has 0 saturated heterocycles. The standard InChI is InChI=1S/C23H26N4O3/c1-3-27(4-2)14-13-24-22(29)16-9-11-17(12-10-16)25-23(30)19-15-21(28)26-20-8-6-5-7-18(19)20/h5-12,15H,3-4,13-14H2,1-2H3,(H,24,29)(H,25,30)(H,26,28)/p+1. The molecule has 0 aliphatic heterocycles. The van der Waals surface area contributed by atoms with Gasteiger partial charge in [-0.25, -0.2) is 0 Å². The van der Waals surface area contributed by atoms with Gasteiger partial charge < -0.3 is 20.5 Å². The summed E-state index contributed by atoms with van der Waals surface area (Å²) in [6, 6.07) is 15.1. The second-order valence-corrected chi connectivity index (χ2v) is 7.09. The summed E-state index contributed by atoms with van der Waals surface area (Å²) in [7, 11) is 0. The summed E-state index contributed by atoms with van der Waals surface area (Å²) in [6.45, 7) is 7.82. The van der Waals surface area contributed by atoms with Crippen LogP contribution in [0.2, 0.25) is 0 Å². The number of fused-ring (bicyclic) bond motifs is 1. The number of para-hydroxylation sites is 1. The molecular formula is C23H27N4O3+. The summed E-state index contributed by atoms with van der Waals surface area (Å²) < 4.78 is 0. The van der Waals surface area contributed by atoms with E-state index in [-0.39, 0.29) is 17.4 Å². The zero-order valence-corrected chi connectivity index (χ0v) is 17.2. The van der Waals surface area contributed by atoms with Gasteiger partial charge in [-0.1, -0.05) is 18.2 Å². The van der Waals surface area contributed by atoms with Crippen LogP contribution in [0, 0.1) is 0 Å². The summed E-state index contributed by atoms with van der Waals surface area (Å²) in [4.78, 5) is 41.0. The van der Waals surface area contributed by atoms with Gasteiger partial charge in [0.1, 0.15) is 0 Å². The number of H-pyrrole nitrogens is 1. The van der Waals surface area contributed by atoms with Crippen LogP contribution in [0.5, 0.6) is 0 Å². The summed E-state index contributed by atoms with van der Waals surface area (Å²) in [5.41, 5.74) is 1.65. The Hall–Kier alpha value is -3.45. The Kier molecular flexibility index (Phi) is 6.98. The van der Waals surface area contributed by atoms with Gasteiger partial charge in [0, 0.05) is 28.2 Å². The molecule has 0 aliphatic carbocycles. The number of aromatic nitrogens is 1. The zero-order chi connectivity index (χ0) is 21.5. The van der Waals surface area contributed by atoms with E-state index in [2.05, 4.69) is 29.5 Å². The Balaban J connectivity index is 1.65. The first kappa shape index (κ1) is 21.3. The number of carbonyl (C=O) groups is 2. The topological polar surface area (TPSA) is 95.5 Å². The van der Waals surface area contributed by atoms with Crippen LogP contribution in [-0.2, 0) is 0 Å². The van der Waals surface area contributed by atoms with E-state index in [1.807, 2.05) is 6.07 Å². The summed E-state index contributed by atoms with van der Waals surface area (Å²) in [5.74, 6) is -0.517. The molecule has 7 heteroatoms. The van der Waals surface area contributed by atoms with E-state index < -0.39 is 0 Å². The van der Waals surface area contributed by atoms with Crippen LogP contribution < -0.4 is 21.1 Å². The van der Waals surface area contributed by atoms with Crippen molar-refractivity contribution in [1.82, 2.24) is 10.3 Å². The lowest BCUT2D eigenvalue weighted by Gasteiger charge is -2.15. The molecule has 3 aromatic rings. The Morgan fingerprint density at radius 1 is 0.967 bits per heavy atom. The van der Waals surface area contributed by atoms with Crippen molar-refractivity contribution >= 4 is 28.4 Å². The molecule has 3 rings (SSSR count). The van der Waals surface area contributed by atoms with Gasteiger partial charge in [-0.3, -0.25) is 14.4 Å². The minimum absolute atomic E-state index is 0.139. The number of aromatic amines is 1. The minimum Gasteiger partial charge on any atom is -0.346 e. The van der Waals surface area contributed by atoms with Crippen molar-refractivity contribution in [2.75, 3.05) is 31.5 Å². The van der Waals surface area contributed by atoms with Crippen LogP contribution in [0.4, 0.5) is 5.69 Å². The van der Waals surface area contributed by atoms with Crippen molar-refractivity contribution < 1.29 is 14.5 Å². The molecule has 0 radical (unpaired) electrons. The molecule has 156 valence electrons. The molecule has 1 aromatic heterocycles. The molecule has 0 unspecified atom stereocenters. The van der Waals surface area contributed by atoms with Crippen molar-refractivity contribution in [2.24, 2.45) is 0 Å². The third-order valence-electron chi connectivity index (χ3n) is 5.16. The molecule has 0 bridgehead atoms. The van der Waals surface area contributed by atoms with Gasteiger partial charge >= 0.3 is 0 Å². The van der Waals surface area contributed by atoms with Gasteiger partial charge in [0.05, 0.1) is 31.7 Å². The highest BCUT2D eigenvalue weighted by molar-refractivity contribution is 6.12. The predicted molar refractivity (Wildman–Crippen MR) is 118 cm³/mol. The van der Waals surface area contributed by atoms with E-state index in [1.165, 1.54) is 11.0 Å². The number of hydrogen-bond acceptors (Lipinski definition) is 3. The average Bonchev–Trinajstić information content (AvgIpc) is 2.76.